The Morgan fingerprint density at radius 1 is 1.25 bits per heavy atom. The van der Waals surface area contributed by atoms with E-state index in [1.165, 1.54) is 24.0 Å². The first kappa shape index (κ1) is 13.3. The van der Waals surface area contributed by atoms with Gasteiger partial charge in [-0.1, -0.05) is 19.1 Å². The molecule has 3 heteroatoms. The van der Waals surface area contributed by atoms with Crippen LogP contribution in [0.5, 0.6) is 5.75 Å². The van der Waals surface area contributed by atoms with Crippen LogP contribution in [0.15, 0.2) is 41.0 Å². The van der Waals surface area contributed by atoms with Crippen molar-refractivity contribution < 1.29 is 9.15 Å². The van der Waals surface area contributed by atoms with E-state index in [4.69, 9.17) is 9.15 Å². The van der Waals surface area contributed by atoms with E-state index >= 15 is 0 Å². The first-order valence-corrected chi connectivity index (χ1v) is 7.32. The molecule has 1 N–H and O–H groups in total. The number of benzene rings is 1. The minimum Gasteiger partial charge on any atom is -0.490 e. The van der Waals surface area contributed by atoms with E-state index in [1.807, 2.05) is 7.05 Å². The average molecular weight is 271 g/mol. The Balaban J connectivity index is 1.81. The average Bonchev–Trinajstić information content (AvgIpc) is 3.17. The highest BCUT2D eigenvalue weighted by Gasteiger charge is 2.23. The third-order valence-corrected chi connectivity index (χ3v) is 3.74. The fourth-order valence-corrected chi connectivity index (χ4v) is 2.51. The van der Waals surface area contributed by atoms with Crippen molar-refractivity contribution in [2.45, 2.75) is 38.3 Å². The molecule has 1 aromatic heterocycles. The number of hydrogen-bond donors (Lipinski definition) is 1. The van der Waals surface area contributed by atoms with Gasteiger partial charge in [0.2, 0.25) is 0 Å². The molecule has 1 atom stereocenters. The van der Waals surface area contributed by atoms with Crippen LogP contribution < -0.4 is 10.1 Å². The predicted molar refractivity (Wildman–Crippen MR) is 79.1 cm³/mol. The lowest BCUT2D eigenvalue weighted by Gasteiger charge is -2.17. The van der Waals surface area contributed by atoms with Crippen molar-refractivity contribution in [2.24, 2.45) is 0 Å². The number of aryl methyl sites for hydroxylation is 1. The summed E-state index contributed by atoms with van der Waals surface area (Å²) in [5, 5.41) is 3.37. The van der Waals surface area contributed by atoms with Gasteiger partial charge < -0.3 is 14.5 Å². The first-order chi connectivity index (χ1) is 9.81. The second-order valence-electron chi connectivity index (χ2n) is 5.26. The zero-order chi connectivity index (χ0) is 13.9. The Hall–Kier alpha value is -1.74. The van der Waals surface area contributed by atoms with Gasteiger partial charge in [0.15, 0.2) is 0 Å². The minimum atomic E-state index is 0.165. The topological polar surface area (TPSA) is 34.4 Å². The molecular weight excluding hydrogens is 250 g/mol. The molecular formula is C17H21NO2. The Bertz CT molecular complexity index is 555. The van der Waals surface area contributed by atoms with Gasteiger partial charge in [0, 0.05) is 12.0 Å². The molecule has 0 aliphatic heterocycles. The van der Waals surface area contributed by atoms with Crippen LogP contribution in [0.3, 0.4) is 0 Å². The summed E-state index contributed by atoms with van der Waals surface area (Å²) < 4.78 is 11.3. The Morgan fingerprint density at radius 3 is 2.60 bits per heavy atom. The van der Waals surface area contributed by atoms with Gasteiger partial charge in [-0.05, 0) is 43.7 Å². The molecule has 0 radical (unpaired) electrons. The molecule has 0 saturated heterocycles. The maximum atomic E-state index is 5.79. The Morgan fingerprint density at radius 2 is 2.00 bits per heavy atom. The smallest absolute Gasteiger partial charge is 0.119 e. The van der Waals surface area contributed by atoms with Gasteiger partial charge in [-0.3, -0.25) is 0 Å². The number of hydrogen-bond acceptors (Lipinski definition) is 3. The zero-order valence-corrected chi connectivity index (χ0v) is 12.1. The number of furan rings is 1. The lowest BCUT2D eigenvalue weighted by atomic mass is 9.98. The lowest BCUT2D eigenvalue weighted by molar-refractivity contribution is 0.303. The molecule has 1 heterocycles. The van der Waals surface area contributed by atoms with Crippen molar-refractivity contribution in [2.75, 3.05) is 7.05 Å². The van der Waals surface area contributed by atoms with E-state index in [0.717, 1.165) is 17.9 Å². The summed E-state index contributed by atoms with van der Waals surface area (Å²) in [5.41, 5.74) is 2.44. The van der Waals surface area contributed by atoms with Crippen LogP contribution in [0, 0.1) is 0 Å². The molecule has 3 nitrogen and oxygen atoms in total. The SMILES string of the molecule is CCc1occc1C(NC)c1ccc(OC2CC2)cc1. The van der Waals surface area contributed by atoms with E-state index in [9.17, 15) is 0 Å². The largest absolute Gasteiger partial charge is 0.490 e. The second-order valence-corrected chi connectivity index (χ2v) is 5.26. The predicted octanol–water partition coefficient (Wildman–Crippen LogP) is 3.69. The van der Waals surface area contributed by atoms with E-state index in [0.29, 0.717) is 6.10 Å². The van der Waals surface area contributed by atoms with Crippen molar-refractivity contribution in [3.8, 4) is 5.75 Å². The standard InChI is InChI=1S/C17H21NO2/c1-3-16-15(10-11-19-16)17(18-2)12-4-6-13(7-5-12)20-14-8-9-14/h4-7,10-11,14,17-18H,3,8-9H2,1-2H3. The van der Waals surface area contributed by atoms with Gasteiger partial charge in [0.1, 0.15) is 11.5 Å². The van der Waals surface area contributed by atoms with E-state index in [-0.39, 0.29) is 6.04 Å². The summed E-state index contributed by atoms with van der Waals surface area (Å²) in [4.78, 5) is 0. The summed E-state index contributed by atoms with van der Waals surface area (Å²) in [6.45, 7) is 2.11. The number of rotatable bonds is 6. The van der Waals surface area contributed by atoms with Crippen molar-refractivity contribution in [3.63, 3.8) is 0 Å². The minimum absolute atomic E-state index is 0.165. The van der Waals surface area contributed by atoms with Crippen LogP contribution in [0.2, 0.25) is 0 Å². The number of ether oxygens (including phenoxy) is 1. The molecule has 1 fully saturated rings. The van der Waals surface area contributed by atoms with Crippen LogP contribution in [-0.2, 0) is 6.42 Å². The van der Waals surface area contributed by atoms with E-state index < -0.39 is 0 Å². The fourth-order valence-electron chi connectivity index (χ4n) is 2.51. The highest BCUT2D eigenvalue weighted by atomic mass is 16.5. The Kier molecular flexibility index (Phi) is 3.79. The van der Waals surface area contributed by atoms with Crippen molar-refractivity contribution in [1.82, 2.24) is 5.32 Å². The van der Waals surface area contributed by atoms with Crippen LogP contribution in [0.25, 0.3) is 0 Å². The van der Waals surface area contributed by atoms with Crippen molar-refractivity contribution in [1.29, 1.82) is 0 Å². The van der Waals surface area contributed by atoms with Crippen LogP contribution in [-0.4, -0.2) is 13.2 Å². The highest BCUT2D eigenvalue weighted by molar-refractivity contribution is 5.36. The number of nitrogens with one attached hydrogen (secondary N) is 1. The molecule has 3 rings (SSSR count). The summed E-state index contributed by atoms with van der Waals surface area (Å²) >= 11 is 0. The third-order valence-electron chi connectivity index (χ3n) is 3.74. The third kappa shape index (κ3) is 2.73. The van der Waals surface area contributed by atoms with E-state index in [2.05, 4.69) is 42.6 Å². The van der Waals surface area contributed by atoms with Gasteiger partial charge in [-0.15, -0.1) is 0 Å². The van der Waals surface area contributed by atoms with Crippen molar-refractivity contribution in [3.05, 3.63) is 53.5 Å². The quantitative estimate of drug-likeness (QED) is 0.870. The maximum Gasteiger partial charge on any atom is 0.119 e. The lowest BCUT2D eigenvalue weighted by Crippen LogP contribution is -2.18. The fraction of sp³-hybridized carbons (Fsp3) is 0.412. The first-order valence-electron chi connectivity index (χ1n) is 7.32. The monoisotopic (exact) mass is 271 g/mol. The van der Waals surface area contributed by atoms with Gasteiger partial charge in [0.25, 0.3) is 0 Å². The van der Waals surface area contributed by atoms with Gasteiger partial charge in [-0.25, -0.2) is 0 Å². The van der Waals surface area contributed by atoms with Crippen LogP contribution in [0.1, 0.15) is 42.7 Å². The molecule has 1 aromatic carbocycles. The molecule has 1 unspecified atom stereocenters. The van der Waals surface area contributed by atoms with Gasteiger partial charge in [-0.2, -0.15) is 0 Å². The van der Waals surface area contributed by atoms with Gasteiger partial charge in [0.05, 0.1) is 18.4 Å². The van der Waals surface area contributed by atoms with Crippen molar-refractivity contribution >= 4 is 0 Å². The molecule has 1 aliphatic rings. The molecule has 0 spiro atoms. The summed E-state index contributed by atoms with van der Waals surface area (Å²) in [5.74, 6) is 2.01. The van der Waals surface area contributed by atoms with Crippen LogP contribution >= 0.6 is 0 Å². The molecule has 1 aliphatic carbocycles. The molecule has 1 saturated carbocycles. The summed E-state index contributed by atoms with van der Waals surface area (Å²) in [6, 6.07) is 10.6. The summed E-state index contributed by atoms with van der Waals surface area (Å²) in [6.07, 6.45) is 5.50. The highest BCUT2D eigenvalue weighted by Crippen LogP contribution is 2.30. The Labute approximate surface area is 119 Å². The maximum absolute atomic E-state index is 5.79. The molecule has 106 valence electrons. The van der Waals surface area contributed by atoms with Gasteiger partial charge >= 0.3 is 0 Å². The normalized spacial score (nSPS) is 16.1. The van der Waals surface area contributed by atoms with E-state index in [1.54, 1.807) is 6.26 Å². The molecule has 20 heavy (non-hydrogen) atoms. The summed E-state index contributed by atoms with van der Waals surface area (Å²) in [7, 11) is 1.98. The van der Waals surface area contributed by atoms with Crippen LogP contribution in [0.4, 0.5) is 0 Å². The second kappa shape index (κ2) is 5.71. The molecule has 2 aromatic rings. The molecule has 0 bridgehead atoms. The molecule has 0 amide bonds. The zero-order valence-electron chi connectivity index (χ0n) is 12.1.